The van der Waals surface area contributed by atoms with Gasteiger partial charge in [0, 0.05) is 18.3 Å². The van der Waals surface area contributed by atoms with E-state index in [4.69, 9.17) is 10.5 Å². The lowest BCUT2D eigenvalue weighted by Gasteiger charge is -2.21. The van der Waals surface area contributed by atoms with Gasteiger partial charge in [-0.2, -0.15) is 5.10 Å². The van der Waals surface area contributed by atoms with Gasteiger partial charge in [0.2, 0.25) is 0 Å². The number of nitrogens with two attached hydrogens (primary N) is 1. The Balaban J connectivity index is 1.78. The van der Waals surface area contributed by atoms with Gasteiger partial charge in [-0.1, -0.05) is 18.6 Å². The van der Waals surface area contributed by atoms with Crippen LogP contribution in [-0.4, -0.2) is 35.2 Å². The molecule has 1 unspecified atom stereocenters. The zero-order valence-electron chi connectivity index (χ0n) is 14.8. The fraction of sp³-hybridized carbons (Fsp3) is 0.421. The van der Waals surface area contributed by atoms with Crippen LogP contribution in [0.5, 0.6) is 5.75 Å². The lowest BCUT2D eigenvalue weighted by molar-refractivity contribution is -0.122. The molecule has 7 heteroatoms. The fourth-order valence-corrected chi connectivity index (χ4v) is 3.87. The largest absolute Gasteiger partial charge is 0.489 e. The van der Waals surface area contributed by atoms with Gasteiger partial charge in [-0.3, -0.25) is 14.3 Å². The Kier molecular flexibility index (Phi) is 4.14. The molecule has 1 aliphatic heterocycles. The van der Waals surface area contributed by atoms with E-state index in [-0.39, 0.29) is 12.5 Å². The molecule has 2 N–H and O–H groups in total. The molecule has 4 rings (SSSR count). The van der Waals surface area contributed by atoms with Gasteiger partial charge < -0.3 is 15.4 Å². The van der Waals surface area contributed by atoms with E-state index in [0.717, 1.165) is 49.0 Å². The predicted octanol–water partition coefficient (Wildman–Crippen LogP) is 1.85. The average Bonchev–Trinajstić information content (AvgIpc) is 2.78. The van der Waals surface area contributed by atoms with Crippen molar-refractivity contribution in [2.75, 3.05) is 18.6 Å². The summed E-state index contributed by atoms with van der Waals surface area (Å²) >= 11 is 0. The zero-order chi connectivity index (χ0) is 18.3. The minimum atomic E-state index is -0.618. The molecule has 1 aromatic carbocycles. The summed E-state index contributed by atoms with van der Waals surface area (Å²) in [6, 6.07) is 6.83. The third-order valence-corrected chi connectivity index (χ3v) is 5.23. The highest BCUT2D eigenvalue weighted by Gasteiger charge is 2.35. The quantitative estimate of drug-likeness (QED) is 0.833. The molecule has 0 saturated carbocycles. The van der Waals surface area contributed by atoms with Crippen molar-refractivity contribution in [2.45, 2.75) is 38.1 Å². The van der Waals surface area contributed by atoms with Crippen LogP contribution in [0.1, 0.15) is 47.1 Å². The van der Waals surface area contributed by atoms with E-state index in [1.165, 1.54) is 0 Å². The number of para-hydroxylation sites is 2. The highest BCUT2D eigenvalue weighted by Crippen LogP contribution is 2.34. The van der Waals surface area contributed by atoms with Crippen LogP contribution in [0.3, 0.4) is 0 Å². The minimum Gasteiger partial charge on any atom is -0.489 e. The number of likely N-dealkylation sites (N-methyl/N-ethyl adjacent to an activating group) is 1. The summed E-state index contributed by atoms with van der Waals surface area (Å²) in [6.07, 6.45) is 4.66. The van der Waals surface area contributed by atoms with Gasteiger partial charge in [0.25, 0.3) is 11.8 Å². The van der Waals surface area contributed by atoms with Crippen LogP contribution in [-0.2, 0) is 17.6 Å². The molecule has 0 bridgehead atoms. The van der Waals surface area contributed by atoms with Crippen molar-refractivity contribution >= 4 is 17.5 Å². The molecule has 0 spiro atoms. The number of rotatable bonds is 2. The second-order valence-corrected chi connectivity index (χ2v) is 6.84. The van der Waals surface area contributed by atoms with Crippen molar-refractivity contribution in [3.8, 4) is 5.75 Å². The van der Waals surface area contributed by atoms with E-state index < -0.39 is 11.9 Å². The summed E-state index contributed by atoms with van der Waals surface area (Å²) in [7, 11) is 1.74. The van der Waals surface area contributed by atoms with Gasteiger partial charge in [-0.25, -0.2) is 0 Å². The molecule has 2 amide bonds. The molecule has 0 radical (unpaired) electrons. The van der Waals surface area contributed by atoms with Gasteiger partial charge in [0.15, 0.2) is 11.7 Å². The molecule has 0 fully saturated rings. The molecule has 1 atom stereocenters. The van der Waals surface area contributed by atoms with Crippen LogP contribution in [0, 0.1) is 0 Å². The molecule has 2 heterocycles. The third-order valence-electron chi connectivity index (χ3n) is 5.23. The normalized spacial score (nSPS) is 19.8. The van der Waals surface area contributed by atoms with Crippen molar-refractivity contribution in [2.24, 2.45) is 5.73 Å². The summed E-state index contributed by atoms with van der Waals surface area (Å²) in [4.78, 5) is 26.6. The van der Waals surface area contributed by atoms with Crippen LogP contribution >= 0.6 is 0 Å². The van der Waals surface area contributed by atoms with Crippen LogP contribution in [0.2, 0.25) is 0 Å². The maximum Gasteiger partial charge on any atom is 0.269 e. The number of aromatic nitrogens is 2. The summed E-state index contributed by atoms with van der Waals surface area (Å²) < 4.78 is 7.59. The monoisotopic (exact) mass is 354 g/mol. The Morgan fingerprint density at radius 2 is 2.00 bits per heavy atom. The zero-order valence-corrected chi connectivity index (χ0v) is 14.8. The van der Waals surface area contributed by atoms with E-state index >= 15 is 0 Å². The van der Waals surface area contributed by atoms with Crippen molar-refractivity contribution in [3.63, 3.8) is 0 Å². The number of nitrogens with zero attached hydrogens (tertiary/aromatic N) is 3. The Hall–Kier alpha value is -2.83. The Labute approximate surface area is 151 Å². The number of carbonyl (C=O) groups excluding carboxylic acids is 2. The standard InChI is InChI=1S/C19H22N4O3/c1-22-14-9-5-6-10-16(14)26-11-15(19(22)25)23-13-8-4-2-3-7-12(13)17(21-23)18(20)24/h5-6,9-10,15H,2-4,7-8,11H2,1H3,(H2,20,24). The predicted molar refractivity (Wildman–Crippen MR) is 96.4 cm³/mol. The molecule has 1 aliphatic carbocycles. The maximum atomic E-state index is 13.1. The highest BCUT2D eigenvalue weighted by atomic mass is 16.5. The first kappa shape index (κ1) is 16.6. The first-order valence-electron chi connectivity index (χ1n) is 8.97. The molecule has 7 nitrogen and oxygen atoms in total. The maximum absolute atomic E-state index is 13.1. The van der Waals surface area contributed by atoms with Gasteiger partial charge in [0.05, 0.1) is 5.69 Å². The van der Waals surface area contributed by atoms with Gasteiger partial charge in [0.1, 0.15) is 12.4 Å². The number of benzene rings is 1. The lowest BCUT2D eigenvalue weighted by Crippen LogP contribution is -2.36. The summed E-state index contributed by atoms with van der Waals surface area (Å²) in [6.45, 7) is 0.173. The number of ether oxygens (including phenoxy) is 1. The van der Waals surface area contributed by atoms with Gasteiger partial charge >= 0.3 is 0 Å². The minimum absolute atomic E-state index is 0.111. The van der Waals surface area contributed by atoms with Crippen LogP contribution < -0.4 is 15.4 Å². The highest BCUT2D eigenvalue weighted by molar-refractivity contribution is 5.98. The topological polar surface area (TPSA) is 90.5 Å². The van der Waals surface area contributed by atoms with E-state index in [9.17, 15) is 9.59 Å². The number of fused-ring (bicyclic) bond motifs is 2. The van der Waals surface area contributed by atoms with Gasteiger partial charge in [-0.15, -0.1) is 0 Å². The summed E-state index contributed by atoms with van der Waals surface area (Å²) in [5.41, 5.74) is 8.41. The number of anilines is 1. The number of carbonyl (C=O) groups is 2. The molecular formula is C19H22N4O3. The number of hydrogen-bond acceptors (Lipinski definition) is 4. The molecule has 136 valence electrons. The van der Waals surface area contributed by atoms with Crippen LogP contribution in [0.15, 0.2) is 24.3 Å². The van der Waals surface area contributed by atoms with E-state index in [1.54, 1.807) is 16.6 Å². The van der Waals surface area contributed by atoms with E-state index in [0.29, 0.717) is 11.4 Å². The number of amides is 2. The Morgan fingerprint density at radius 1 is 1.23 bits per heavy atom. The molecule has 1 aromatic heterocycles. The molecular weight excluding hydrogens is 332 g/mol. The number of hydrogen-bond donors (Lipinski definition) is 1. The fourth-order valence-electron chi connectivity index (χ4n) is 3.87. The van der Waals surface area contributed by atoms with Gasteiger partial charge in [-0.05, 0) is 37.8 Å². The van der Waals surface area contributed by atoms with Crippen LogP contribution in [0.25, 0.3) is 0 Å². The lowest BCUT2D eigenvalue weighted by atomic mass is 10.1. The SMILES string of the molecule is CN1C(=O)C(n2nc(C(N)=O)c3c2CCCCC3)COc2ccccc21. The average molecular weight is 354 g/mol. The number of primary amides is 1. The summed E-state index contributed by atoms with van der Waals surface area (Å²) in [5.74, 6) is 0.0141. The molecule has 2 aliphatic rings. The second kappa shape index (κ2) is 6.48. The van der Waals surface area contributed by atoms with Crippen molar-refractivity contribution in [1.82, 2.24) is 9.78 Å². The van der Waals surface area contributed by atoms with E-state index in [1.807, 2.05) is 24.3 Å². The molecule has 26 heavy (non-hydrogen) atoms. The first-order valence-corrected chi connectivity index (χ1v) is 8.97. The summed E-state index contributed by atoms with van der Waals surface area (Å²) in [5, 5.41) is 4.46. The van der Waals surface area contributed by atoms with Crippen LogP contribution in [0.4, 0.5) is 5.69 Å². The molecule has 0 saturated heterocycles. The van der Waals surface area contributed by atoms with Crippen molar-refractivity contribution in [1.29, 1.82) is 0 Å². The van der Waals surface area contributed by atoms with E-state index in [2.05, 4.69) is 5.10 Å². The third kappa shape index (κ3) is 2.64. The smallest absolute Gasteiger partial charge is 0.269 e. The Bertz CT molecular complexity index is 874. The Morgan fingerprint density at radius 3 is 2.81 bits per heavy atom. The van der Waals surface area contributed by atoms with Crippen molar-refractivity contribution < 1.29 is 14.3 Å². The second-order valence-electron chi connectivity index (χ2n) is 6.84. The van der Waals surface area contributed by atoms with Crippen molar-refractivity contribution in [3.05, 3.63) is 41.2 Å². The first-order chi connectivity index (χ1) is 12.6. The molecule has 2 aromatic rings.